The highest BCUT2D eigenvalue weighted by Crippen LogP contribution is 2.43. The van der Waals surface area contributed by atoms with Crippen molar-refractivity contribution in [1.29, 1.82) is 0 Å². The average Bonchev–Trinajstić information content (AvgIpc) is 3.33. The van der Waals surface area contributed by atoms with Crippen molar-refractivity contribution in [1.82, 2.24) is 9.38 Å². The summed E-state index contributed by atoms with van der Waals surface area (Å²) >= 11 is 0. The molecule has 0 spiro atoms. The van der Waals surface area contributed by atoms with Gasteiger partial charge in [0.1, 0.15) is 0 Å². The van der Waals surface area contributed by atoms with Crippen molar-refractivity contribution < 1.29 is 0 Å². The van der Waals surface area contributed by atoms with Crippen molar-refractivity contribution in [3.8, 4) is 0 Å². The molecule has 0 aliphatic heterocycles. The zero-order valence-corrected chi connectivity index (χ0v) is 15.1. The van der Waals surface area contributed by atoms with Gasteiger partial charge >= 0.3 is 0 Å². The van der Waals surface area contributed by atoms with Crippen molar-refractivity contribution in [3.63, 3.8) is 0 Å². The summed E-state index contributed by atoms with van der Waals surface area (Å²) in [5.41, 5.74) is 7.28. The Hall–Kier alpha value is -3.52. The predicted octanol–water partition coefficient (Wildman–Crippen LogP) is 6.99. The largest absolute Gasteiger partial charge is 0.354 e. The molecule has 0 radical (unpaired) electrons. The van der Waals surface area contributed by atoms with Crippen molar-refractivity contribution in [3.05, 3.63) is 78.5 Å². The van der Waals surface area contributed by atoms with Gasteiger partial charge in [-0.1, -0.05) is 55.1 Å². The zero-order chi connectivity index (χ0) is 18.1. The maximum atomic E-state index is 4.15. The summed E-state index contributed by atoms with van der Waals surface area (Å²) in [5.74, 6) is 0. The van der Waals surface area contributed by atoms with Crippen LogP contribution in [0.5, 0.6) is 0 Å². The van der Waals surface area contributed by atoms with E-state index in [1.807, 2.05) is 6.08 Å². The molecule has 0 unspecified atom stereocenters. The molecule has 27 heavy (non-hydrogen) atoms. The van der Waals surface area contributed by atoms with Crippen LogP contribution in [0.4, 0.5) is 0 Å². The van der Waals surface area contributed by atoms with Crippen LogP contribution in [0.25, 0.3) is 61.1 Å². The number of fused-ring (bicyclic) bond motifs is 7. The van der Waals surface area contributed by atoms with Crippen LogP contribution in [0.2, 0.25) is 0 Å². The molecule has 2 nitrogen and oxygen atoms in total. The number of aromatic nitrogens is 2. The molecule has 0 atom stereocenters. The molecule has 3 heterocycles. The fourth-order valence-electron chi connectivity index (χ4n) is 4.72. The lowest BCUT2D eigenvalue weighted by Crippen LogP contribution is -1.85. The number of aromatic amines is 1. The van der Waals surface area contributed by atoms with Gasteiger partial charge in [-0.15, -0.1) is 0 Å². The molecule has 0 saturated carbocycles. The number of hydrogen-bond donors (Lipinski definition) is 1. The van der Waals surface area contributed by atoms with Crippen molar-refractivity contribution >= 4 is 61.1 Å². The molecule has 2 heteroatoms. The summed E-state index contributed by atoms with van der Waals surface area (Å²) in [6, 6.07) is 19.6. The van der Waals surface area contributed by atoms with Crippen LogP contribution in [0.1, 0.15) is 18.2 Å². The summed E-state index contributed by atoms with van der Waals surface area (Å²) in [6.07, 6.45) is 6.29. The Morgan fingerprint density at radius 1 is 0.926 bits per heavy atom. The Bertz CT molecular complexity index is 1540. The molecule has 0 aliphatic carbocycles. The quantitative estimate of drug-likeness (QED) is 0.348. The van der Waals surface area contributed by atoms with Gasteiger partial charge in [0.2, 0.25) is 0 Å². The van der Waals surface area contributed by atoms with Gasteiger partial charge in [-0.2, -0.15) is 0 Å². The Balaban J connectivity index is 2.04. The van der Waals surface area contributed by atoms with E-state index in [1.54, 1.807) is 0 Å². The second kappa shape index (κ2) is 5.01. The summed E-state index contributed by atoms with van der Waals surface area (Å²) in [5, 5.41) is 6.41. The van der Waals surface area contributed by atoms with E-state index in [4.69, 9.17) is 0 Å². The molecule has 6 aromatic rings. The van der Waals surface area contributed by atoms with E-state index in [1.165, 1.54) is 60.3 Å². The molecule has 0 bridgehead atoms. The number of nitrogens with one attached hydrogen (secondary N) is 1. The third-order valence-electron chi connectivity index (χ3n) is 5.75. The average molecular weight is 346 g/mol. The van der Waals surface area contributed by atoms with Crippen molar-refractivity contribution in [2.45, 2.75) is 6.92 Å². The van der Waals surface area contributed by atoms with Gasteiger partial charge in [0.05, 0.1) is 22.2 Å². The molecule has 3 aromatic heterocycles. The van der Waals surface area contributed by atoms with Crippen LogP contribution in [0.15, 0.2) is 67.3 Å². The molecular weight excluding hydrogens is 328 g/mol. The fraction of sp³-hybridized carbons (Fsp3) is 0.0400. The van der Waals surface area contributed by atoms with Gasteiger partial charge in [-0.3, -0.25) is 0 Å². The van der Waals surface area contributed by atoms with Crippen molar-refractivity contribution in [2.24, 2.45) is 0 Å². The number of allylic oxidation sites excluding steroid dienone is 1. The van der Waals surface area contributed by atoms with Crippen molar-refractivity contribution in [2.75, 3.05) is 0 Å². The molecule has 0 fully saturated rings. The molecule has 0 saturated heterocycles. The van der Waals surface area contributed by atoms with E-state index >= 15 is 0 Å². The van der Waals surface area contributed by atoms with Gasteiger partial charge in [-0.05, 0) is 31.2 Å². The number of hydrogen-bond acceptors (Lipinski definition) is 0. The number of rotatable bonds is 2. The van der Waals surface area contributed by atoms with Crippen LogP contribution in [0.3, 0.4) is 0 Å². The lowest BCUT2D eigenvalue weighted by atomic mass is 10.0. The second-order valence-corrected chi connectivity index (χ2v) is 7.10. The molecule has 0 amide bonds. The highest BCUT2D eigenvalue weighted by Gasteiger charge is 2.22. The third-order valence-corrected chi connectivity index (χ3v) is 5.75. The van der Waals surface area contributed by atoms with E-state index in [0.29, 0.717) is 0 Å². The Kier molecular flexibility index (Phi) is 2.72. The summed E-state index contributed by atoms with van der Waals surface area (Å²) in [7, 11) is 0. The highest BCUT2D eigenvalue weighted by molar-refractivity contribution is 6.29. The van der Waals surface area contributed by atoms with Gasteiger partial charge in [0.25, 0.3) is 0 Å². The van der Waals surface area contributed by atoms with Crippen LogP contribution in [-0.4, -0.2) is 9.38 Å². The Labute approximate surface area is 156 Å². The first-order valence-electron chi connectivity index (χ1n) is 9.30. The zero-order valence-electron chi connectivity index (χ0n) is 15.1. The van der Waals surface area contributed by atoms with Gasteiger partial charge in [0, 0.05) is 38.0 Å². The molecule has 1 N–H and O–H groups in total. The monoisotopic (exact) mass is 346 g/mol. The van der Waals surface area contributed by atoms with Crippen LogP contribution in [-0.2, 0) is 0 Å². The Morgan fingerprint density at radius 2 is 1.70 bits per heavy atom. The first-order valence-corrected chi connectivity index (χ1v) is 9.30. The second-order valence-electron chi connectivity index (χ2n) is 7.10. The SMILES string of the molecule is C=Cc1c(/C=C\C)n2c3ccccc3c3cc4c5ccccc5[nH]c4c1c32. The van der Waals surface area contributed by atoms with E-state index in [-0.39, 0.29) is 0 Å². The van der Waals surface area contributed by atoms with E-state index in [0.717, 1.165) is 0 Å². The van der Waals surface area contributed by atoms with Crippen LogP contribution < -0.4 is 0 Å². The summed E-state index contributed by atoms with van der Waals surface area (Å²) < 4.78 is 2.39. The Morgan fingerprint density at radius 3 is 2.52 bits per heavy atom. The maximum Gasteiger partial charge on any atom is 0.0641 e. The maximum absolute atomic E-state index is 4.15. The highest BCUT2D eigenvalue weighted by atomic mass is 14.9. The minimum Gasteiger partial charge on any atom is -0.354 e. The number of benzene rings is 3. The van der Waals surface area contributed by atoms with Gasteiger partial charge < -0.3 is 9.38 Å². The van der Waals surface area contributed by atoms with Crippen LogP contribution in [0, 0.1) is 0 Å². The van der Waals surface area contributed by atoms with Gasteiger partial charge in [-0.25, -0.2) is 0 Å². The summed E-state index contributed by atoms with van der Waals surface area (Å²) in [4.78, 5) is 3.67. The number of para-hydroxylation sites is 2. The summed E-state index contributed by atoms with van der Waals surface area (Å²) in [6.45, 7) is 6.21. The number of H-pyrrole nitrogens is 1. The predicted molar refractivity (Wildman–Crippen MR) is 118 cm³/mol. The first kappa shape index (κ1) is 14.6. The molecule has 3 aromatic carbocycles. The fourth-order valence-corrected chi connectivity index (χ4v) is 4.72. The standard InChI is InChI=1S/C25H18N2/c1-3-9-21-15(4-2)23-24-18(16-10-5-7-12-20(16)26-24)14-19-17-11-6-8-13-22(17)27(21)25(19)23/h3-14,26H,2H2,1H3/b9-3-. The third kappa shape index (κ3) is 1.65. The normalized spacial score (nSPS) is 12.6. The minimum atomic E-state index is 1.18. The number of nitrogens with zero attached hydrogens (tertiary/aromatic N) is 1. The van der Waals surface area contributed by atoms with E-state index in [2.05, 4.69) is 89.6 Å². The molecular formula is C25H18N2. The van der Waals surface area contributed by atoms with Crippen LogP contribution >= 0.6 is 0 Å². The van der Waals surface area contributed by atoms with E-state index < -0.39 is 0 Å². The molecule has 0 aliphatic rings. The lowest BCUT2D eigenvalue weighted by molar-refractivity contribution is 1.26. The first-order chi connectivity index (χ1) is 13.3. The molecule has 128 valence electrons. The smallest absolute Gasteiger partial charge is 0.0641 e. The van der Waals surface area contributed by atoms with E-state index in [9.17, 15) is 0 Å². The molecule has 6 rings (SSSR count). The minimum absolute atomic E-state index is 1.18. The van der Waals surface area contributed by atoms with Gasteiger partial charge in [0.15, 0.2) is 0 Å². The lowest BCUT2D eigenvalue weighted by Gasteiger charge is -2.00. The topological polar surface area (TPSA) is 20.2 Å².